The van der Waals surface area contributed by atoms with Crippen LogP contribution < -0.4 is 0 Å². The number of carbonyl (C=O) groups is 2. The fraction of sp³-hybridized carbons (Fsp3) is 0.857. The predicted octanol–water partition coefficient (Wildman–Crippen LogP) is 0.907. The first-order valence-corrected chi connectivity index (χ1v) is 7.02. The molecule has 0 radical (unpaired) electrons. The average molecular weight is 310 g/mol. The van der Waals surface area contributed by atoms with Crippen molar-refractivity contribution in [3.8, 4) is 0 Å². The SMILES string of the molecule is CC(=O)OCCO.CCCCOCCOC(C)=O.CCO. The standard InChI is InChI=1S/C8H16O3.C4H8O3.C2H6O/c1-3-4-5-10-6-7-11-8(2)9;1-4(6)7-3-2-5;1-2-3/h3-7H2,1-2H3;5H,2-3H2,1H3;3H,2H2,1H3. The lowest BCUT2D eigenvalue weighted by molar-refractivity contribution is -0.143. The number of rotatable bonds is 8. The first kappa shape index (κ1) is 24.8. The van der Waals surface area contributed by atoms with E-state index in [0.29, 0.717) is 13.2 Å². The Labute approximate surface area is 127 Å². The summed E-state index contributed by atoms with van der Waals surface area (Å²) >= 11 is 0. The van der Waals surface area contributed by atoms with Gasteiger partial charge in [-0.15, -0.1) is 0 Å². The molecule has 0 saturated carbocycles. The number of esters is 2. The zero-order valence-corrected chi connectivity index (χ0v) is 13.6. The highest BCUT2D eigenvalue weighted by atomic mass is 16.6. The molecule has 0 rings (SSSR count). The highest BCUT2D eigenvalue weighted by molar-refractivity contribution is 5.66. The van der Waals surface area contributed by atoms with Gasteiger partial charge in [0.2, 0.25) is 0 Å². The van der Waals surface area contributed by atoms with Crippen LogP contribution in [0.4, 0.5) is 0 Å². The van der Waals surface area contributed by atoms with Crippen LogP contribution in [0.15, 0.2) is 0 Å². The number of aliphatic hydroxyl groups is 2. The van der Waals surface area contributed by atoms with E-state index in [1.807, 2.05) is 0 Å². The van der Waals surface area contributed by atoms with E-state index >= 15 is 0 Å². The molecule has 0 aromatic heterocycles. The second-order valence-corrected chi connectivity index (χ2v) is 3.69. The van der Waals surface area contributed by atoms with Crippen LogP contribution in [-0.4, -0.2) is 61.8 Å². The van der Waals surface area contributed by atoms with Crippen molar-refractivity contribution >= 4 is 11.9 Å². The number of aliphatic hydroxyl groups excluding tert-OH is 2. The van der Waals surface area contributed by atoms with Crippen molar-refractivity contribution in [2.75, 3.05) is 39.6 Å². The fourth-order valence-electron chi connectivity index (χ4n) is 0.782. The number of hydrogen-bond acceptors (Lipinski definition) is 7. The highest BCUT2D eigenvalue weighted by Crippen LogP contribution is 1.87. The number of unbranched alkanes of at least 4 members (excludes halogenated alkanes) is 1. The molecular formula is C14H30O7. The van der Waals surface area contributed by atoms with E-state index in [0.717, 1.165) is 19.4 Å². The Morgan fingerprint density at radius 3 is 1.67 bits per heavy atom. The molecule has 7 nitrogen and oxygen atoms in total. The fourth-order valence-corrected chi connectivity index (χ4v) is 0.782. The Morgan fingerprint density at radius 2 is 1.33 bits per heavy atom. The van der Waals surface area contributed by atoms with Gasteiger partial charge in [-0.2, -0.15) is 0 Å². The maximum Gasteiger partial charge on any atom is 0.302 e. The summed E-state index contributed by atoms with van der Waals surface area (Å²) in [6.07, 6.45) is 2.20. The zero-order valence-electron chi connectivity index (χ0n) is 13.6. The van der Waals surface area contributed by atoms with E-state index in [-0.39, 0.29) is 31.8 Å². The summed E-state index contributed by atoms with van der Waals surface area (Å²) < 4.78 is 14.1. The third-order valence-electron chi connectivity index (χ3n) is 1.57. The monoisotopic (exact) mass is 310 g/mol. The Kier molecular flexibility index (Phi) is 28.2. The molecular weight excluding hydrogens is 280 g/mol. The predicted molar refractivity (Wildman–Crippen MR) is 78.8 cm³/mol. The Hall–Kier alpha value is -1.18. The van der Waals surface area contributed by atoms with Gasteiger partial charge in [0.1, 0.15) is 13.2 Å². The van der Waals surface area contributed by atoms with Crippen LogP contribution in [0.25, 0.3) is 0 Å². The molecule has 0 spiro atoms. The minimum atomic E-state index is -0.353. The van der Waals surface area contributed by atoms with Gasteiger partial charge in [0.25, 0.3) is 0 Å². The van der Waals surface area contributed by atoms with Crippen molar-refractivity contribution in [3.63, 3.8) is 0 Å². The third kappa shape index (κ3) is 45.5. The number of carbonyl (C=O) groups excluding carboxylic acids is 2. The summed E-state index contributed by atoms with van der Waals surface area (Å²) in [6.45, 7) is 8.39. The van der Waals surface area contributed by atoms with E-state index in [4.69, 9.17) is 14.9 Å². The summed E-state index contributed by atoms with van der Waals surface area (Å²) in [7, 11) is 0. The Bertz CT molecular complexity index is 219. The van der Waals surface area contributed by atoms with Crippen LogP contribution in [0.5, 0.6) is 0 Å². The molecule has 0 amide bonds. The van der Waals surface area contributed by atoms with E-state index in [1.165, 1.54) is 13.8 Å². The van der Waals surface area contributed by atoms with Gasteiger partial charge in [0.15, 0.2) is 0 Å². The molecule has 0 heterocycles. The molecule has 0 unspecified atom stereocenters. The molecule has 7 heteroatoms. The molecule has 0 bridgehead atoms. The Balaban J connectivity index is -0.000000277. The molecule has 0 aromatic rings. The molecule has 0 aliphatic carbocycles. The van der Waals surface area contributed by atoms with Crippen LogP contribution in [0, 0.1) is 0 Å². The summed E-state index contributed by atoms with van der Waals surface area (Å²) in [5, 5.41) is 15.6. The molecule has 0 atom stereocenters. The van der Waals surface area contributed by atoms with Gasteiger partial charge < -0.3 is 24.4 Å². The van der Waals surface area contributed by atoms with Crippen LogP contribution >= 0.6 is 0 Å². The second kappa shape index (κ2) is 23.9. The van der Waals surface area contributed by atoms with E-state index in [9.17, 15) is 9.59 Å². The average Bonchev–Trinajstić information content (AvgIpc) is 2.41. The molecule has 0 aliphatic rings. The van der Waals surface area contributed by atoms with Gasteiger partial charge in [-0.25, -0.2) is 0 Å². The molecule has 2 N–H and O–H groups in total. The van der Waals surface area contributed by atoms with Gasteiger partial charge >= 0.3 is 11.9 Å². The summed E-state index contributed by atoms with van der Waals surface area (Å²) in [5.41, 5.74) is 0. The summed E-state index contributed by atoms with van der Waals surface area (Å²) in [4.78, 5) is 20.1. The van der Waals surface area contributed by atoms with Gasteiger partial charge in [0, 0.05) is 27.1 Å². The lowest BCUT2D eigenvalue weighted by atomic mass is 10.4. The van der Waals surface area contributed by atoms with E-state index in [2.05, 4.69) is 16.4 Å². The highest BCUT2D eigenvalue weighted by Gasteiger charge is 1.91. The van der Waals surface area contributed by atoms with Crippen molar-refractivity contribution in [3.05, 3.63) is 0 Å². The first-order valence-electron chi connectivity index (χ1n) is 7.02. The lowest BCUT2D eigenvalue weighted by Crippen LogP contribution is -2.07. The van der Waals surface area contributed by atoms with Crippen molar-refractivity contribution in [2.45, 2.75) is 40.5 Å². The lowest BCUT2D eigenvalue weighted by Gasteiger charge is -2.02. The topological polar surface area (TPSA) is 102 Å². The largest absolute Gasteiger partial charge is 0.463 e. The maximum atomic E-state index is 10.3. The maximum absolute atomic E-state index is 10.3. The van der Waals surface area contributed by atoms with Gasteiger partial charge in [-0.05, 0) is 13.3 Å². The molecule has 128 valence electrons. The summed E-state index contributed by atoms with van der Waals surface area (Å²) in [6, 6.07) is 0. The summed E-state index contributed by atoms with van der Waals surface area (Å²) in [5.74, 6) is -0.599. The second-order valence-electron chi connectivity index (χ2n) is 3.69. The van der Waals surface area contributed by atoms with Gasteiger partial charge in [-0.3, -0.25) is 9.59 Å². The van der Waals surface area contributed by atoms with E-state index < -0.39 is 0 Å². The minimum absolute atomic E-state index is 0.0976. The van der Waals surface area contributed by atoms with Gasteiger partial charge in [-0.1, -0.05) is 13.3 Å². The normalized spacial score (nSPS) is 8.67. The van der Waals surface area contributed by atoms with Crippen molar-refractivity contribution in [1.82, 2.24) is 0 Å². The molecule has 21 heavy (non-hydrogen) atoms. The zero-order chi connectivity index (χ0) is 16.9. The molecule has 0 aliphatic heterocycles. The Morgan fingerprint density at radius 1 is 0.857 bits per heavy atom. The van der Waals surface area contributed by atoms with Crippen molar-refractivity contribution < 1.29 is 34.0 Å². The molecule has 0 fully saturated rings. The molecule has 0 aromatic carbocycles. The van der Waals surface area contributed by atoms with Crippen LogP contribution in [-0.2, 0) is 23.8 Å². The number of hydrogen-bond donors (Lipinski definition) is 2. The van der Waals surface area contributed by atoms with Crippen LogP contribution in [0.3, 0.4) is 0 Å². The van der Waals surface area contributed by atoms with Crippen molar-refractivity contribution in [2.24, 2.45) is 0 Å². The molecule has 0 saturated heterocycles. The van der Waals surface area contributed by atoms with Crippen LogP contribution in [0.2, 0.25) is 0 Å². The van der Waals surface area contributed by atoms with Crippen molar-refractivity contribution in [1.29, 1.82) is 0 Å². The van der Waals surface area contributed by atoms with Crippen LogP contribution in [0.1, 0.15) is 40.5 Å². The van der Waals surface area contributed by atoms with Gasteiger partial charge in [0.05, 0.1) is 13.2 Å². The minimum Gasteiger partial charge on any atom is -0.463 e. The smallest absolute Gasteiger partial charge is 0.302 e. The quantitative estimate of drug-likeness (QED) is 0.507. The third-order valence-corrected chi connectivity index (χ3v) is 1.57. The van der Waals surface area contributed by atoms with E-state index in [1.54, 1.807) is 6.92 Å². The first-order chi connectivity index (χ1) is 9.95. The number of ether oxygens (including phenoxy) is 3.